The van der Waals surface area contributed by atoms with Crippen molar-refractivity contribution in [1.82, 2.24) is 0 Å². The minimum absolute atomic E-state index is 0.885. The largest absolute Gasteiger partial charge is 0.192 e. The van der Waals surface area contributed by atoms with E-state index in [0.29, 0.717) is 0 Å². The molecule has 0 aliphatic carbocycles. The molecule has 0 heterocycles. The van der Waals surface area contributed by atoms with Gasteiger partial charge in [-0.1, -0.05) is 36.4 Å². The first-order chi connectivity index (χ1) is 6.86. The summed E-state index contributed by atoms with van der Waals surface area (Å²) in [6, 6.07) is 7.93. The molecule has 0 N–H and O–H groups in total. The highest BCUT2D eigenvalue weighted by molar-refractivity contribution is 5.54. The molecule has 1 aromatic carbocycles. The molecule has 0 saturated heterocycles. The summed E-state index contributed by atoms with van der Waals surface area (Å²) in [7, 11) is 1.67. The number of azo groups is 1. The Kier molecular flexibility index (Phi) is 4.35. The summed E-state index contributed by atoms with van der Waals surface area (Å²) in [5, 5.41) is 7.64. The van der Waals surface area contributed by atoms with E-state index in [4.69, 9.17) is 0 Å². The average molecular weight is 186 g/mol. The van der Waals surface area contributed by atoms with Crippen LogP contribution in [0.5, 0.6) is 0 Å². The zero-order valence-corrected chi connectivity index (χ0v) is 8.51. The number of allylic oxidation sites excluding steroid dienone is 3. The third kappa shape index (κ3) is 3.35. The van der Waals surface area contributed by atoms with Crippen LogP contribution in [0.2, 0.25) is 0 Å². The summed E-state index contributed by atoms with van der Waals surface area (Å²) in [6.45, 7) is 2.00. The quantitative estimate of drug-likeness (QED) is 0.503. The van der Waals surface area contributed by atoms with E-state index in [1.807, 2.05) is 55.5 Å². The molecule has 0 aromatic heterocycles. The van der Waals surface area contributed by atoms with Gasteiger partial charge in [0.15, 0.2) is 0 Å². The van der Waals surface area contributed by atoms with Gasteiger partial charge in [0.2, 0.25) is 0 Å². The van der Waals surface area contributed by atoms with E-state index in [-0.39, 0.29) is 0 Å². The summed E-state index contributed by atoms with van der Waals surface area (Å²) < 4.78 is 0. The molecular weight excluding hydrogens is 172 g/mol. The molecule has 0 bridgehead atoms. The van der Waals surface area contributed by atoms with Gasteiger partial charge in [-0.05, 0) is 24.6 Å². The molecule has 2 heteroatoms. The van der Waals surface area contributed by atoms with E-state index >= 15 is 0 Å². The minimum atomic E-state index is 0.885. The first-order valence-electron chi connectivity index (χ1n) is 4.56. The summed E-state index contributed by atoms with van der Waals surface area (Å²) in [4.78, 5) is 0. The van der Waals surface area contributed by atoms with Crippen molar-refractivity contribution < 1.29 is 0 Å². The first kappa shape index (κ1) is 10.4. The van der Waals surface area contributed by atoms with Crippen molar-refractivity contribution in [2.45, 2.75) is 6.92 Å². The van der Waals surface area contributed by atoms with Gasteiger partial charge in [0.1, 0.15) is 0 Å². The molecule has 0 atom stereocenters. The van der Waals surface area contributed by atoms with Crippen LogP contribution < -0.4 is 0 Å². The Labute approximate surface area is 84.7 Å². The van der Waals surface area contributed by atoms with E-state index in [1.54, 1.807) is 7.05 Å². The normalized spacial score (nSPS) is 12.1. The van der Waals surface area contributed by atoms with Crippen LogP contribution in [0.4, 0.5) is 5.69 Å². The minimum Gasteiger partial charge on any atom is -0.192 e. The maximum Gasteiger partial charge on any atom is 0.0852 e. The Hall–Kier alpha value is -1.70. The fourth-order valence-corrected chi connectivity index (χ4v) is 1.05. The second kappa shape index (κ2) is 5.86. The number of hydrogen-bond acceptors (Lipinski definition) is 2. The van der Waals surface area contributed by atoms with Gasteiger partial charge in [-0.25, -0.2) is 0 Å². The monoisotopic (exact) mass is 186 g/mol. The van der Waals surface area contributed by atoms with Gasteiger partial charge in [-0.3, -0.25) is 0 Å². The van der Waals surface area contributed by atoms with Crippen LogP contribution >= 0.6 is 0 Å². The van der Waals surface area contributed by atoms with Crippen molar-refractivity contribution in [1.29, 1.82) is 0 Å². The van der Waals surface area contributed by atoms with Crippen molar-refractivity contribution in [3.8, 4) is 0 Å². The van der Waals surface area contributed by atoms with Crippen molar-refractivity contribution in [2.24, 2.45) is 10.2 Å². The Balaban J connectivity index is 2.73. The van der Waals surface area contributed by atoms with Crippen molar-refractivity contribution >= 4 is 11.8 Å². The molecule has 72 valence electrons. The van der Waals surface area contributed by atoms with E-state index < -0.39 is 0 Å². The summed E-state index contributed by atoms with van der Waals surface area (Å²) in [5.41, 5.74) is 2.05. The molecule has 14 heavy (non-hydrogen) atoms. The topological polar surface area (TPSA) is 24.7 Å². The lowest BCUT2D eigenvalue weighted by atomic mass is 10.2. The van der Waals surface area contributed by atoms with Crippen molar-refractivity contribution in [3.63, 3.8) is 0 Å². The van der Waals surface area contributed by atoms with Gasteiger partial charge in [-0.2, -0.15) is 10.2 Å². The molecule has 1 rings (SSSR count). The molecular formula is C12H14N2. The van der Waals surface area contributed by atoms with Gasteiger partial charge in [0.25, 0.3) is 0 Å². The zero-order valence-electron chi connectivity index (χ0n) is 8.51. The van der Waals surface area contributed by atoms with Gasteiger partial charge in [-0.15, -0.1) is 0 Å². The Morgan fingerprint density at radius 2 is 1.79 bits per heavy atom. The highest BCUT2D eigenvalue weighted by Crippen LogP contribution is 2.13. The Morgan fingerprint density at radius 3 is 2.36 bits per heavy atom. The fourth-order valence-electron chi connectivity index (χ4n) is 1.05. The molecule has 0 fully saturated rings. The van der Waals surface area contributed by atoms with Crippen LogP contribution in [0.25, 0.3) is 6.08 Å². The van der Waals surface area contributed by atoms with Crippen LogP contribution in [0, 0.1) is 0 Å². The van der Waals surface area contributed by atoms with E-state index in [2.05, 4.69) is 10.2 Å². The number of nitrogens with zero attached hydrogens (tertiary/aromatic N) is 2. The third-order valence-electron chi connectivity index (χ3n) is 1.70. The molecule has 0 radical (unpaired) electrons. The van der Waals surface area contributed by atoms with Gasteiger partial charge < -0.3 is 0 Å². The van der Waals surface area contributed by atoms with Gasteiger partial charge in [0.05, 0.1) is 5.69 Å². The van der Waals surface area contributed by atoms with Crippen LogP contribution in [0.1, 0.15) is 12.5 Å². The smallest absolute Gasteiger partial charge is 0.0852 e. The lowest BCUT2D eigenvalue weighted by Crippen LogP contribution is -1.69. The Bertz CT molecular complexity index is 345. The summed E-state index contributed by atoms with van der Waals surface area (Å²) in [6.07, 6.45) is 8.05. The zero-order chi connectivity index (χ0) is 10.2. The maximum absolute atomic E-state index is 3.93. The molecule has 1 aromatic rings. The molecule has 0 unspecified atom stereocenters. The van der Waals surface area contributed by atoms with Crippen molar-refractivity contribution in [2.75, 3.05) is 7.05 Å². The van der Waals surface area contributed by atoms with E-state index in [1.165, 1.54) is 0 Å². The lowest BCUT2D eigenvalue weighted by molar-refractivity contribution is 1.17. The second-order valence-electron chi connectivity index (χ2n) is 2.78. The predicted octanol–water partition coefficient (Wildman–Crippen LogP) is 3.99. The third-order valence-corrected chi connectivity index (χ3v) is 1.70. The Morgan fingerprint density at radius 1 is 1.07 bits per heavy atom. The standard InChI is InChI=1S/C12H14N2/c1-3-4-5-6-11-7-9-12(10-8-11)14-13-2/h3-10H,1-2H3. The molecule has 0 saturated carbocycles. The predicted molar refractivity (Wildman–Crippen MR) is 60.7 cm³/mol. The SMILES string of the molecule is CC=CC=Cc1ccc(N=NC)cc1. The molecule has 2 nitrogen and oxygen atoms in total. The number of benzene rings is 1. The molecule has 0 amide bonds. The lowest BCUT2D eigenvalue weighted by Gasteiger charge is -1.93. The molecule has 0 spiro atoms. The highest BCUT2D eigenvalue weighted by atomic mass is 15.1. The maximum atomic E-state index is 3.93. The number of hydrogen-bond donors (Lipinski definition) is 0. The van der Waals surface area contributed by atoms with Crippen LogP contribution in [0.3, 0.4) is 0 Å². The number of rotatable bonds is 3. The van der Waals surface area contributed by atoms with E-state index in [0.717, 1.165) is 11.3 Å². The average Bonchev–Trinajstić information content (AvgIpc) is 2.21. The molecule has 0 aliphatic heterocycles. The second-order valence-corrected chi connectivity index (χ2v) is 2.78. The first-order valence-corrected chi connectivity index (χ1v) is 4.56. The van der Waals surface area contributed by atoms with E-state index in [9.17, 15) is 0 Å². The highest BCUT2D eigenvalue weighted by Gasteiger charge is 1.88. The fraction of sp³-hybridized carbons (Fsp3) is 0.167. The van der Waals surface area contributed by atoms with Gasteiger partial charge in [0, 0.05) is 7.05 Å². The van der Waals surface area contributed by atoms with Crippen molar-refractivity contribution in [3.05, 3.63) is 48.1 Å². The van der Waals surface area contributed by atoms with Crippen LogP contribution in [-0.2, 0) is 0 Å². The van der Waals surface area contributed by atoms with Crippen LogP contribution in [-0.4, -0.2) is 7.05 Å². The summed E-state index contributed by atoms with van der Waals surface area (Å²) >= 11 is 0. The van der Waals surface area contributed by atoms with Crippen LogP contribution in [0.15, 0.2) is 52.7 Å². The summed E-state index contributed by atoms with van der Waals surface area (Å²) in [5.74, 6) is 0. The van der Waals surface area contributed by atoms with Gasteiger partial charge >= 0.3 is 0 Å². The molecule has 0 aliphatic rings.